The molecular weight excluding hydrogens is 367 g/mol. The van der Waals surface area contributed by atoms with Crippen molar-refractivity contribution in [3.63, 3.8) is 0 Å². The molecule has 0 aliphatic carbocycles. The summed E-state index contributed by atoms with van der Waals surface area (Å²) in [6.45, 7) is 4.60. The van der Waals surface area contributed by atoms with E-state index in [0.717, 1.165) is 38.8 Å². The molecule has 0 unspecified atom stereocenters. The maximum absolute atomic E-state index is 12.6. The third-order valence-corrected chi connectivity index (χ3v) is 5.65. The van der Waals surface area contributed by atoms with Crippen molar-refractivity contribution < 1.29 is 21.6 Å². The standard InChI is InChI=1S/C14H19ClF3N3O2S/c15-12-10-11(14(16,17)18)2-3-13(12)24(22,23)20-4-1-7-21-8-5-19-6-9-21/h2-3,10,19-20H,1,4-9H2. The predicted octanol–water partition coefficient (Wildman–Crippen LogP) is 1.93. The molecule has 2 N–H and O–H groups in total. The monoisotopic (exact) mass is 385 g/mol. The fourth-order valence-electron chi connectivity index (χ4n) is 2.42. The number of nitrogens with zero attached hydrogens (tertiary/aromatic N) is 1. The normalized spacial score (nSPS) is 17.2. The van der Waals surface area contributed by atoms with Crippen LogP contribution in [0.15, 0.2) is 23.1 Å². The fraction of sp³-hybridized carbons (Fsp3) is 0.571. The number of alkyl halides is 3. The van der Waals surface area contributed by atoms with Gasteiger partial charge in [0.05, 0.1) is 10.6 Å². The van der Waals surface area contributed by atoms with Crippen LogP contribution in [0.1, 0.15) is 12.0 Å². The highest BCUT2D eigenvalue weighted by atomic mass is 35.5. The summed E-state index contributed by atoms with van der Waals surface area (Å²) in [5, 5.41) is 2.78. The molecule has 1 heterocycles. The number of rotatable bonds is 6. The molecule has 1 aliphatic heterocycles. The summed E-state index contributed by atoms with van der Waals surface area (Å²) in [7, 11) is -3.94. The minimum absolute atomic E-state index is 0.198. The summed E-state index contributed by atoms with van der Waals surface area (Å²) in [5.41, 5.74) is -0.981. The Bertz CT molecular complexity index is 662. The molecule has 0 spiro atoms. The molecule has 0 aromatic heterocycles. The summed E-state index contributed by atoms with van der Waals surface area (Å²) in [4.78, 5) is 1.87. The summed E-state index contributed by atoms with van der Waals surface area (Å²) in [6.07, 6.45) is -3.96. The van der Waals surface area contributed by atoms with Crippen molar-refractivity contribution in [3.8, 4) is 0 Å². The maximum Gasteiger partial charge on any atom is 0.416 e. The van der Waals surface area contributed by atoms with E-state index in [2.05, 4.69) is 14.9 Å². The van der Waals surface area contributed by atoms with Crippen LogP contribution in [0, 0.1) is 0 Å². The molecule has 1 aliphatic rings. The van der Waals surface area contributed by atoms with Crippen molar-refractivity contribution in [1.82, 2.24) is 14.9 Å². The lowest BCUT2D eigenvalue weighted by Crippen LogP contribution is -2.44. The molecule has 0 bridgehead atoms. The van der Waals surface area contributed by atoms with Crippen LogP contribution in [0.25, 0.3) is 0 Å². The number of nitrogens with one attached hydrogen (secondary N) is 2. The number of halogens is 4. The first-order chi connectivity index (χ1) is 11.2. The Morgan fingerprint density at radius 2 is 1.92 bits per heavy atom. The van der Waals surface area contributed by atoms with Gasteiger partial charge in [-0.05, 0) is 31.2 Å². The molecule has 0 atom stereocenters. The Morgan fingerprint density at radius 1 is 1.25 bits per heavy atom. The van der Waals surface area contributed by atoms with Crippen LogP contribution in [0.4, 0.5) is 13.2 Å². The van der Waals surface area contributed by atoms with Crippen molar-refractivity contribution in [3.05, 3.63) is 28.8 Å². The Kier molecular flexibility index (Phi) is 6.49. The fourth-order valence-corrected chi connectivity index (χ4v) is 4.03. The van der Waals surface area contributed by atoms with Gasteiger partial charge in [0.15, 0.2) is 0 Å². The van der Waals surface area contributed by atoms with Gasteiger partial charge in [-0.3, -0.25) is 0 Å². The van der Waals surface area contributed by atoms with E-state index in [-0.39, 0.29) is 11.4 Å². The lowest BCUT2D eigenvalue weighted by atomic mass is 10.2. The molecule has 1 fully saturated rings. The van der Waals surface area contributed by atoms with Gasteiger partial charge in [0.2, 0.25) is 10.0 Å². The van der Waals surface area contributed by atoms with Crippen LogP contribution in [-0.4, -0.2) is 52.6 Å². The summed E-state index contributed by atoms with van der Waals surface area (Å²) in [5.74, 6) is 0. The summed E-state index contributed by atoms with van der Waals surface area (Å²) < 4.78 is 64.5. The zero-order chi connectivity index (χ0) is 17.8. The molecule has 136 valence electrons. The average Bonchev–Trinajstić information content (AvgIpc) is 2.51. The van der Waals surface area contributed by atoms with E-state index in [1.165, 1.54) is 0 Å². The predicted molar refractivity (Wildman–Crippen MR) is 85.6 cm³/mol. The molecular formula is C14H19ClF3N3O2S. The smallest absolute Gasteiger partial charge is 0.314 e. The first kappa shape index (κ1) is 19.5. The van der Waals surface area contributed by atoms with E-state index in [0.29, 0.717) is 18.6 Å². The lowest BCUT2D eigenvalue weighted by molar-refractivity contribution is -0.137. The first-order valence-electron chi connectivity index (χ1n) is 7.49. The number of piperazine rings is 1. The third-order valence-electron chi connectivity index (χ3n) is 3.70. The molecule has 5 nitrogen and oxygen atoms in total. The zero-order valence-corrected chi connectivity index (χ0v) is 14.4. The molecule has 1 aromatic rings. The Labute approximate surface area is 144 Å². The topological polar surface area (TPSA) is 61.4 Å². The largest absolute Gasteiger partial charge is 0.416 e. The second-order valence-electron chi connectivity index (χ2n) is 5.49. The van der Waals surface area contributed by atoms with E-state index in [4.69, 9.17) is 11.6 Å². The van der Waals surface area contributed by atoms with Crippen LogP contribution in [0.2, 0.25) is 5.02 Å². The zero-order valence-electron chi connectivity index (χ0n) is 12.9. The molecule has 0 amide bonds. The van der Waals surface area contributed by atoms with Crippen molar-refractivity contribution in [2.45, 2.75) is 17.5 Å². The van der Waals surface area contributed by atoms with Gasteiger partial charge in [0.25, 0.3) is 0 Å². The molecule has 1 saturated heterocycles. The third kappa shape index (κ3) is 5.32. The van der Waals surface area contributed by atoms with Crippen molar-refractivity contribution in [2.75, 3.05) is 39.3 Å². The van der Waals surface area contributed by atoms with E-state index in [1.54, 1.807) is 0 Å². The molecule has 1 aromatic carbocycles. The second-order valence-corrected chi connectivity index (χ2v) is 7.63. The minimum Gasteiger partial charge on any atom is -0.314 e. The summed E-state index contributed by atoms with van der Waals surface area (Å²) in [6, 6.07) is 2.21. The maximum atomic E-state index is 12.6. The van der Waals surface area contributed by atoms with Gasteiger partial charge in [-0.2, -0.15) is 13.2 Å². The van der Waals surface area contributed by atoms with E-state index >= 15 is 0 Å². The van der Waals surface area contributed by atoms with Gasteiger partial charge in [0.1, 0.15) is 4.90 Å². The van der Waals surface area contributed by atoms with Gasteiger partial charge < -0.3 is 10.2 Å². The highest BCUT2D eigenvalue weighted by molar-refractivity contribution is 7.89. The van der Waals surface area contributed by atoms with E-state index < -0.39 is 26.8 Å². The molecule has 24 heavy (non-hydrogen) atoms. The van der Waals surface area contributed by atoms with Gasteiger partial charge in [0, 0.05) is 32.7 Å². The lowest BCUT2D eigenvalue weighted by Gasteiger charge is -2.27. The van der Waals surface area contributed by atoms with E-state index in [9.17, 15) is 21.6 Å². The number of hydrogen-bond acceptors (Lipinski definition) is 4. The van der Waals surface area contributed by atoms with Crippen LogP contribution in [0.3, 0.4) is 0 Å². The quantitative estimate of drug-likeness (QED) is 0.735. The number of benzene rings is 1. The van der Waals surface area contributed by atoms with Crippen LogP contribution in [-0.2, 0) is 16.2 Å². The van der Waals surface area contributed by atoms with Crippen molar-refractivity contribution in [2.24, 2.45) is 0 Å². The Balaban J connectivity index is 1.92. The van der Waals surface area contributed by atoms with Gasteiger partial charge >= 0.3 is 6.18 Å². The van der Waals surface area contributed by atoms with E-state index in [1.807, 2.05) is 0 Å². The first-order valence-corrected chi connectivity index (χ1v) is 9.36. The number of hydrogen-bond donors (Lipinski definition) is 2. The van der Waals surface area contributed by atoms with Crippen molar-refractivity contribution >= 4 is 21.6 Å². The summed E-state index contributed by atoms with van der Waals surface area (Å²) >= 11 is 5.72. The van der Waals surface area contributed by atoms with Crippen molar-refractivity contribution in [1.29, 1.82) is 0 Å². The highest BCUT2D eigenvalue weighted by Crippen LogP contribution is 2.33. The molecule has 2 rings (SSSR count). The van der Waals surface area contributed by atoms with Crippen LogP contribution < -0.4 is 10.0 Å². The highest BCUT2D eigenvalue weighted by Gasteiger charge is 2.32. The SMILES string of the molecule is O=S(=O)(NCCCN1CCNCC1)c1ccc(C(F)(F)F)cc1Cl. The average molecular weight is 386 g/mol. The second kappa shape index (κ2) is 8.01. The molecule has 0 saturated carbocycles. The van der Waals surface area contributed by atoms with Crippen LogP contribution >= 0.6 is 11.6 Å². The van der Waals surface area contributed by atoms with Gasteiger partial charge in [-0.25, -0.2) is 13.1 Å². The Morgan fingerprint density at radius 3 is 2.50 bits per heavy atom. The van der Waals surface area contributed by atoms with Gasteiger partial charge in [-0.15, -0.1) is 0 Å². The minimum atomic E-state index is -4.57. The molecule has 10 heteroatoms. The Hall–Kier alpha value is -0.870. The molecule has 0 radical (unpaired) electrons. The van der Waals surface area contributed by atoms with Gasteiger partial charge in [-0.1, -0.05) is 11.6 Å². The number of sulfonamides is 1. The van der Waals surface area contributed by atoms with Crippen LogP contribution in [0.5, 0.6) is 0 Å².